The Kier molecular flexibility index (Phi) is 7.62. The van der Waals surface area contributed by atoms with Crippen LogP contribution in [0.25, 0.3) is 11.0 Å². The van der Waals surface area contributed by atoms with E-state index in [9.17, 15) is 18.0 Å². The van der Waals surface area contributed by atoms with Gasteiger partial charge in [0.2, 0.25) is 10.0 Å². The van der Waals surface area contributed by atoms with Gasteiger partial charge in [0.15, 0.2) is 6.61 Å². The Bertz CT molecular complexity index is 1250. The van der Waals surface area contributed by atoms with Crippen molar-refractivity contribution in [2.75, 3.05) is 26.9 Å². The van der Waals surface area contributed by atoms with Crippen molar-refractivity contribution in [1.29, 1.82) is 0 Å². The first-order valence-corrected chi connectivity index (χ1v) is 11.3. The number of carbonyl (C=O) groups is 1. The molecule has 0 radical (unpaired) electrons. The molecule has 0 unspecified atom stereocenters. The second-order valence-electron chi connectivity index (χ2n) is 7.01. The van der Waals surface area contributed by atoms with Gasteiger partial charge >= 0.3 is 5.63 Å². The number of aryl methyl sites for hydroxylation is 1. The molecule has 2 aromatic carbocycles. The fourth-order valence-electron chi connectivity index (χ4n) is 2.94. The number of nitrogens with one attached hydrogen (secondary N) is 2. The molecule has 0 saturated carbocycles. The lowest BCUT2D eigenvalue weighted by Gasteiger charge is -2.10. The third-order valence-electron chi connectivity index (χ3n) is 4.61. The molecular weight excluding hydrogens is 436 g/mol. The van der Waals surface area contributed by atoms with Crippen molar-refractivity contribution < 1.29 is 27.1 Å². The van der Waals surface area contributed by atoms with Crippen molar-refractivity contribution in [3.8, 4) is 5.75 Å². The second-order valence-corrected chi connectivity index (χ2v) is 8.77. The number of methoxy groups -OCH3 is 1. The van der Waals surface area contributed by atoms with Gasteiger partial charge in [-0.1, -0.05) is 12.1 Å². The molecule has 0 aliphatic heterocycles. The van der Waals surface area contributed by atoms with Crippen molar-refractivity contribution in [2.45, 2.75) is 18.4 Å². The molecule has 1 aromatic heterocycles. The van der Waals surface area contributed by atoms with E-state index in [0.717, 1.165) is 16.5 Å². The lowest BCUT2D eigenvalue weighted by atomic mass is 10.1. The van der Waals surface area contributed by atoms with E-state index in [1.54, 1.807) is 30.3 Å². The molecule has 3 rings (SSSR count). The highest BCUT2D eigenvalue weighted by molar-refractivity contribution is 7.89. The zero-order valence-electron chi connectivity index (χ0n) is 17.7. The quantitative estimate of drug-likeness (QED) is 0.349. The van der Waals surface area contributed by atoms with Gasteiger partial charge in [-0.2, -0.15) is 0 Å². The smallest absolute Gasteiger partial charge is 0.336 e. The number of benzene rings is 2. The number of ether oxygens (including phenoxy) is 2. The summed E-state index contributed by atoms with van der Waals surface area (Å²) in [5, 5.41) is 3.50. The maximum Gasteiger partial charge on any atom is 0.336 e. The molecule has 3 aromatic rings. The summed E-state index contributed by atoms with van der Waals surface area (Å²) in [5.74, 6) is 0.0469. The molecule has 0 fully saturated rings. The van der Waals surface area contributed by atoms with Gasteiger partial charge in [0, 0.05) is 37.7 Å². The van der Waals surface area contributed by atoms with E-state index >= 15 is 0 Å². The molecule has 32 heavy (non-hydrogen) atoms. The van der Waals surface area contributed by atoms with Crippen molar-refractivity contribution in [1.82, 2.24) is 10.0 Å². The normalized spacial score (nSPS) is 11.4. The number of amides is 1. The van der Waals surface area contributed by atoms with Crippen LogP contribution in [0.2, 0.25) is 0 Å². The maximum atomic E-state index is 12.1. The van der Waals surface area contributed by atoms with Crippen molar-refractivity contribution in [2.24, 2.45) is 0 Å². The summed E-state index contributed by atoms with van der Waals surface area (Å²) in [4.78, 5) is 23.8. The van der Waals surface area contributed by atoms with Gasteiger partial charge in [-0.05, 0) is 42.3 Å². The average Bonchev–Trinajstić information content (AvgIpc) is 2.76. The zero-order valence-corrected chi connectivity index (χ0v) is 18.5. The summed E-state index contributed by atoms with van der Waals surface area (Å²) in [7, 11) is -2.12. The minimum Gasteiger partial charge on any atom is -0.484 e. The summed E-state index contributed by atoms with van der Waals surface area (Å²) in [6.45, 7) is 2.26. The monoisotopic (exact) mass is 460 g/mol. The van der Waals surface area contributed by atoms with Gasteiger partial charge in [0.1, 0.15) is 11.3 Å². The van der Waals surface area contributed by atoms with Gasteiger partial charge in [-0.3, -0.25) is 4.79 Å². The van der Waals surface area contributed by atoms with Crippen molar-refractivity contribution in [3.05, 3.63) is 70.1 Å². The molecule has 1 heterocycles. The van der Waals surface area contributed by atoms with E-state index in [4.69, 9.17) is 13.9 Å². The van der Waals surface area contributed by atoms with Crippen LogP contribution in [0.5, 0.6) is 5.75 Å². The van der Waals surface area contributed by atoms with E-state index in [1.807, 2.05) is 6.92 Å². The number of hydrogen-bond acceptors (Lipinski definition) is 7. The summed E-state index contributed by atoms with van der Waals surface area (Å²) < 4.78 is 42.2. The molecule has 170 valence electrons. The van der Waals surface area contributed by atoms with E-state index < -0.39 is 15.6 Å². The molecule has 0 atom stereocenters. The molecule has 0 aliphatic rings. The Balaban J connectivity index is 1.52. The van der Waals surface area contributed by atoms with Gasteiger partial charge in [0.05, 0.1) is 11.5 Å². The molecule has 0 aliphatic carbocycles. The molecule has 2 N–H and O–H groups in total. The summed E-state index contributed by atoms with van der Waals surface area (Å²) in [6, 6.07) is 12.6. The fourth-order valence-corrected chi connectivity index (χ4v) is 3.96. The second kappa shape index (κ2) is 10.4. The van der Waals surface area contributed by atoms with Crippen LogP contribution in [0, 0.1) is 6.92 Å². The predicted molar refractivity (Wildman–Crippen MR) is 118 cm³/mol. The molecule has 10 heteroatoms. The van der Waals surface area contributed by atoms with Crippen LogP contribution in [0.4, 0.5) is 0 Å². The van der Waals surface area contributed by atoms with Crippen LogP contribution in [0.3, 0.4) is 0 Å². The first-order valence-electron chi connectivity index (χ1n) is 9.80. The highest BCUT2D eigenvalue weighted by Gasteiger charge is 2.13. The van der Waals surface area contributed by atoms with Crippen LogP contribution in [-0.2, 0) is 26.1 Å². The highest BCUT2D eigenvalue weighted by atomic mass is 32.2. The largest absolute Gasteiger partial charge is 0.484 e. The predicted octanol–water partition coefficient (Wildman–Crippen LogP) is 1.72. The van der Waals surface area contributed by atoms with Crippen LogP contribution in [0.15, 0.2) is 62.6 Å². The minimum absolute atomic E-state index is 0.130. The van der Waals surface area contributed by atoms with Crippen molar-refractivity contribution in [3.63, 3.8) is 0 Å². The van der Waals surface area contributed by atoms with Gasteiger partial charge in [0.25, 0.3) is 5.91 Å². The first kappa shape index (κ1) is 23.5. The Morgan fingerprint density at radius 3 is 2.56 bits per heavy atom. The molecule has 0 spiro atoms. The lowest BCUT2D eigenvalue weighted by molar-refractivity contribution is -0.123. The maximum absolute atomic E-state index is 12.1. The SMILES string of the molecule is COCCNS(=O)(=O)c1ccc(CNC(=O)COc2ccc3c(C)cc(=O)oc3c2)cc1. The van der Waals surface area contributed by atoms with Gasteiger partial charge in [-0.15, -0.1) is 0 Å². The van der Waals surface area contributed by atoms with Crippen LogP contribution in [-0.4, -0.2) is 41.2 Å². The van der Waals surface area contributed by atoms with E-state index in [0.29, 0.717) is 11.3 Å². The van der Waals surface area contributed by atoms with E-state index in [-0.39, 0.29) is 37.1 Å². The summed E-state index contributed by atoms with van der Waals surface area (Å²) in [5.41, 5.74) is 1.47. The molecule has 1 amide bonds. The number of carbonyl (C=O) groups excluding carboxylic acids is 1. The van der Waals surface area contributed by atoms with Crippen LogP contribution in [0.1, 0.15) is 11.1 Å². The van der Waals surface area contributed by atoms with E-state index in [2.05, 4.69) is 10.0 Å². The van der Waals surface area contributed by atoms with E-state index in [1.165, 1.54) is 25.3 Å². The first-order chi connectivity index (χ1) is 15.3. The minimum atomic E-state index is -3.61. The standard InChI is InChI=1S/C22H24N2O7S/c1-15-11-22(26)31-20-12-17(5-8-19(15)20)30-14-21(25)23-13-16-3-6-18(7-4-16)32(27,28)24-9-10-29-2/h3-8,11-12,24H,9-10,13-14H2,1-2H3,(H,23,25). The Hall–Kier alpha value is -3.21. The molecule has 9 nitrogen and oxygen atoms in total. The molecule has 0 saturated heterocycles. The summed E-state index contributed by atoms with van der Waals surface area (Å²) in [6.07, 6.45) is 0. The highest BCUT2D eigenvalue weighted by Crippen LogP contribution is 2.22. The molecule has 0 bridgehead atoms. The summed E-state index contributed by atoms with van der Waals surface area (Å²) >= 11 is 0. The average molecular weight is 461 g/mol. The van der Waals surface area contributed by atoms with Crippen LogP contribution >= 0.6 is 0 Å². The van der Waals surface area contributed by atoms with Gasteiger partial charge < -0.3 is 19.2 Å². The number of rotatable bonds is 10. The Labute approximate surface area is 185 Å². The van der Waals surface area contributed by atoms with Gasteiger partial charge in [-0.25, -0.2) is 17.9 Å². The number of sulfonamides is 1. The van der Waals surface area contributed by atoms with Crippen molar-refractivity contribution >= 4 is 26.9 Å². The van der Waals surface area contributed by atoms with Crippen LogP contribution < -0.4 is 20.4 Å². The topological polar surface area (TPSA) is 124 Å². The Morgan fingerprint density at radius 1 is 1.09 bits per heavy atom. The third kappa shape index (κ3) is 6.16. The Morgan fingerprint density at radius 2 is 1.84 bits per heavy atom. The lowest BCUT2D eigenvalue weighted by Crippen LogP contribution is -2.28. The fraction of sp³-hybridized carbons (Fsp3) is 0.273. The third-order valence-corrected chi connectivity index (χ3v) is 6.09. The number of fused-ring (bicyclic) bond motifs is 1. The number of hydrogen-bond donors (Lipinski definition) is 2. The molecular formula is C22H24N2O7S. The zero-order chi connectivity index (χ0) is 23.1.